The first-order chi connectivity index (χ1) is 12.4. The minimum atomic E-state index is -0.600. The van der Waals surface area contributed by atoms with Crippen molar-refractivity contribution in [1.29, 1.82) is 0 Å². The first-order valence-corrected chi connectivity index (χ1v) is 9.38. The average molecular weight is 449 g/mol. The lowest BCUT2D eigenvalue weighted by molar-refractivity contribution is -0.873. The number of ether oxygens (including phenoxy) is 1. The number of quaternary nitrogens is 1. The quantitative estimate of drug-likeness (QED) is 0.272. The van der Waals surface area contributed by atoms with Gasteiger partial charge in [0.05, 0.1) is 27.1 Å². The van der Waals surface area contributed by atoms with E-state index in [1.807, 2.05) is 28.1 Å². The van der Waals surface area contributed by atoms with Crippen molar-refractivity contribution in [2.24, 2.45) is 11.8 Å². The fourth-order valence-electron chi connectivity index (χ4n) is 3.01. The number of hydrogen-bond donors (Lipinski definition) is 0. The largest absolute Gasteiger partial charge is 0.372 e. The number of hydrogen-bond acceptors (Lipinski definition) is 6. The first-order valence-electron chi connectivity index (χ1n) is 9.38. The summed E-state index contributed by atoms with van der Waals surface area (Å²) >= 11 is 0. The monoisotopic (exact) mass is 448 g/mol. The van der Waals surface area contributed by atoms with Gasteiger partial charge in [-0.1, -0.05) is 36.1 Å². The number of carbonyl (C=O) groups excluding carboxylic acids is 4. The maximum Gasteiger partial charge on any atom is 0.335 e. The van der Waals surface area contributed by atoms with Crippen LogP contribution in [0.2, 0.25) is 0 Å². The maximum absolute atomic E-state index is 12.1. The topological polar surface area (TPSA) is 90.0 Å². The Balaban J connectivity index is -0.000000911. The Labute approximate surface area is 190 Å². The van der Waals surface area contributed by atoms with Crippen LogP contribution in [0.3, 0.4) is 0 Å². The summed E-state index contributed by atoms with van der Waals surface area (Å²) in [5, 5.41) is 0.574. The number of carbonyl (C=O) groups is 4. The summed E-state index contributed by atoms with van der Waals surface area (Å²) in [4.78, 5) is 51.6. The summed E-state index contributed by atoms with van der Waals surface area (Å²) in [5.74, 6) is -1.90. The second kappa shape index (κ2) is 15.9. The number of imide groups is 1. The zero-order chi connectivity index (χ0) is 20.8. The number of hydroxylamine groups is 2. The summed E-state index contributed by atoms with van der Waals surface area (Å²) in [6.45, 7) is 6.32. The zero-order valence-corrected chi connectivity index (χ0v) is 18.3. The van der Waals surface area contributed by atoms with Gasteiger partial charge in [-0.05, 0) is 19.3 Å². The molecule has 0 aromatic heterocycles. The Morgan fingerprint density at radius 2 is 1.52 bits per heavy atom. The molecule has 1 aliphatic heterocycles. The molecule has 0 N–H and O–H groups in total. The Kier molecular flexibility index (Phi) is 18.8. The standard InChI is InChI=1S/C19H33N2O6.3CH4.CH3/c1-13(12-26-16(10-15(3)22)11-21(4,5)6)9-14(2)19(25)27-20-17(23)7-8-18(20)24;;;;/h13-14,16H,7-12H2,1-6H3;3*1H4;1H3/q+1;;;;-1. The summed E-state index contributed by atoms with van der Waals surface area (Å²) in [7, 11) is 6.12. The van der Waals surface area contributed by atoms with Crippen LogP contribution < -0.4 is 0 Å². The lowest BCUT2D eigenvalue weighted by atomic mass is 9.98. The van der Waals surface area contributed by atoms with Crippen molar-refractivity contribution in [2.45, 2.75) is 74.8 Å². The molecule has 0 spiro atoms. The molecule has 8 heteroatoms. The van der Waals surface area contributed by atoms with E-state index in [2.05, 4.69) is 0 Å². The van der Waals surface area contributed by atoms with Crippen LogP contribution in [0.25, 0.3) is 0 Å². The van der Waals surface area contributed by atoms with Crippen LogP contribution in [-0.4, -0.2) is 73.5 Å². The lowest BCUT2D eigenvalue weighted by Crippen LogP contribution is -2.43. The fraction of sp³-hybridized carbons (Fsp3) is 0.783. The van der Waals surface area contributed by atoms with Crippen LogP contribution in [0.5, 0.6) is 0 Å². The van der Waals surface area contributed by atoms with Crippen molar-refractivity contribution >= 4 is 23.6 Å². The van der Waals surface area contributed by atoms with Gasteiger partial charge in [-0.15, -0.1) is 5.06 Å². The summed E-state index contributed by atoms with van der Waals surface area (Å²) in [6, 6.07) is 0. The average Bonchev–Trinajstić information content (AvgIpc) is 2.82. The van der Waals surface area contributed by atoms with Gasteiger partial charge in [0.25, 0.3) is 11.8 Å². The normalized spacial score (nSPS) is 16.0. The highest BCUT2D eigenvalue weighted by Crippen LogP contribution is 2.19. The molecular formula is C23H48N2O6. The summed E-state index contributed by atoms with van der Waals surface area (Å²) in [5.41, 5.74) is 0. The third kappa shape index (κ3) is 14.0. The van der Waals surface area contributed by atoms with Gasteiger partial charge in [-0.2, -0.15) is 0 Å². The number of Topliss-reactive ketones (excluding diaryl/α,β-unsaturated/α-hetero) is 1. The molecule has 0 bridgehead atoms. The van der Waals surface area contributed by atoms with Crippen LogP contribution >= 0.6 is 0 Å². The van der Waals surface area contributed by atoms with Gasteiger partial charge in [-0.25, -0.2) is 4.79 Å². The maximum atomic E-state index is 12.1. The molecule has 1 aliphatic rings. The van der Waals surface area contributed by atoms with E-state index in [4.69, 9.17) is 9.57 Å². The van der Waals surface area contributed by atoms with Crippen molar-refractivity contribution in [3.8, 4) is 0 Å². The Hall–Kier alpha value is -1.80. The number of ketones is 1. The second-order valence-corrected chi connectivity index (χ2v) is 8.57. The van der Waals surface area contributed by atoms with Crippen LogP contribution in [0.1, 0.15) is 68.7 Å². The van der Waals surface area contributed by atoms with Gasteiger partial charge in [0.2, 0.25) is 0 Å². The van der Waals surface area contributed by atoms with Crippen LogP contribution in [0, 0.1) is 19.3 Å². The number of amides is 2. The van der Waals surface area contributed by atoms with Crippen molar-refractivity contribution in [3.63, 3.8) is 0 Å². The van der Waals surface area contributed by atoms with Crippen LogP contribution in [0.15, 0.2) is 0 Å². The molecule has 2 amide bonds. The molecule has 3 atom stereocenters. The van der Waals surface area contributed by atoms with Gasteiger partial charge in [0.1, 0.15) is 18.4 Å². The summed E-state index contributed by atoms with van der Waals surface area (Å²) < 4.78 is 6.62. The van der Waals surface area contributed by atoms with E-state index < -0.39 is 23.7 Å². The van der Waals surface area contributed by atoms with Crippen molar-refractivity contribution in [2.75, 3.05) is 34.3 Å². The van der Waals surface area contributed by atoms with E-state index in [0.717, 1.165) is 0 Å². The van der Waals surface area contributed by atoms with Gasteiger partial charge >= 0.3 is 5.97 Å². The molecule has 0 aromatic rings. The molecule has 1 fully saturated rings. The Morgan fingerprint density at radius 3 is 1.94 bits per heavy atom. The highest BCUT2D eigenvalue weighted by atomic mass is 16.7. The van der Waals surface area contributed by atoms with E-state index in [0.29, 0.717) is 35.5 Å². The van der Waals surface area contributed by atoms with E-state index in [-0.39, 0.29) is 60.4 Å². The second-order valence-electron chi connectivity index (χ2n) is 8.57. The van der Waals surface area contributed by atoms with E-state index in [9.17, 15) is 19.2 Å². The van der Waals surface area contributed by atoms with Gasteiger partial charge in [-0.3, -0.25) is 14.4 Å². The molecule has 1 rings (SSSR count). The first kappa shape index (κ1) is 36.6. The number of rotatable bonds is 11. The van der Waals surface area contributed by atoms with E-state index >= 15 is 0 Å². The zero-order valence-electron chi connectivity index (χ0n) is 18.3. The third-order valence-electron chi connectivity index (χ3n) is 4.23. The predicted octanol–water partition coefficient (Wildman–Crippen LogP) is 3.68. The smallest absolute Gasteiger partial charge is 0.335 e. The van der Waals surface area contributed by atoms with Crippen molar-refractivity contribution in [3.05, 3.63) is 7.43 Å². The molecular weight excluding hydrogens is 400 g/mol. The van der Waals surface area contributed by atoms with Gasteiger partial charge < -0.3 is 21.5 Å². The van der Waals surface area contributed by atoms with Gasteiger partial charge in [0.15, 0.2) is 0 Å². The molecule has 31 heavy (non-hydrogen) atoms. The molecule has 1 saturated heterocycles. The molecule has 0 saturated carbocycles. The van der Waals surface area contributed by atoms with Crippen LogP contribution in [0.4, 0.5) is 0 Å². The van der Waals surface area contributed by atoms with E-state index in [1.54, 1.807) is 13.8 Å². The van der Waals surface area contributed by atoms with Crippen LogP contribution in [-0.2, 0) is 28.8 Å². The van der Waals surface area contributed by atoms with Crippen molar-refractivity contribution < 1.29 is 33.2 Å². The molecule has 3 unspecified atom stereocenters. The molecule has 0 aromatic carbocycles. The minimum Gasteiger partial charge on any atom is -0.372 e. The third-order valence-corrected chi connectivity index (χ3v) is 4.23. The SMILES string of the molecule is C.C.C.CC(=O)CC(C[N+](C)(C)C)OCC(C)CC(C)C(=O)ON1C(=O)CCC1=O.[CH3-]. The van der Waals surface area contributed by atoms with Crippen molar-refractivity contribution in [1.82, 2.24) is 5.06 Å². The van der Waals surface area contributed by atoms with Gasteiger partial charge in [0, 0.05) is 25.9 Å². The Morgan fingerprint density at radius 1 is 1.03 bits per heavy atom. The number of likely N-dealkylation sites (N-methyl/N-ethyl adjacent to an activating group) is 1. The summed E-state index contributed by atoms with van der Waals surface area (Å²) in [6.07, 6.45) is 0.834. The lowest BCUT2D eigenvalue weighted by Gasteiger charge is -2.29. The number of nitrogens with zero attached hydrogens (tertiary/aromatic N) is 2. The molecule has 0 aliphatic carbocycles. The highest BCUT2D eigenvalue weighted by molar-refractivity contribution is 6.01. The highest BCUT2D eigenvalue weighted by Gasteiger charge is 2.34. The molecule has 8 nitrogen and oxygen atoms in total. The molecule has 0 radical (unpaired) electrons. The fourth-order valence-corrected chi connectivity index (χ4v) is 3.01. The molecule has 186 valence electrons. The minimum absolute atomic E-state index is 0. The Bertz CT molecular complexity index is 555. The van der Waals surface area contributed by atoms with E-state index in [1.165, 1.54) is 0 Å². The predicted molar refractivity (Wildman–Crippen MR) is 125 cm³/mol. The molecule has 1 heterocycles.